The number of amides is 1. The van der Waals surface area contributed by atoms with Crippen molar-refractivity contribution in [2.24, 2.45) is 11.3 Å². The van der Waals surface area contributed by atoms with Crippen LogP contribution >= 0.6 is 11.3 Å². The molecular weight excluding hydrogens is 362 g/mol. The third-order valence-electron chi connectivity index (χ3n) is 5.62. The minimum atomic E-state index is -0.342. The van der Waals surface area contributed by atoms with E-state index in [1.807, 2.05) is 18.2 Å². The summed E-state index contributed by atoms with van der Waals surface area (Å²) >= 11 is 1.48. The number of aromatic nitrogens is 1. The molecular formula is C20H23N3O3S. The Morgan fingerprint density at radius 2 is 2.19 bits per heavy atom. The van der Waals surface area contributed by atoms with Crippen molar-refractivity contribution in [3.63, 3.8) is 0 Å². The van der Waals surface area contributed by atoms with E-state index in [9.17, 15) is 9.59 Å². The molecule has 0 radical (unpaired) electrons. The lowest BCUT2D eigenvalue weighted by Gasteiger charge is -2.22. The summed E-state index contributed by atoms with van der Waals surface area (Å²) in [6, 6.07) is 7.38. The number of rotatable bonds is 5. The molecule has 1 aromatic heterocycles. The number of carbonyl (C=O) groups is 2. The molecule has 1 aromatic carbocycles. The van der Waals surface area contributed by atoms with Crippen LogP contribution < -0.4 is 10.6 Å². The molecule has 1 unspecified atom stereocenters. The lowest BCUT2D eigenvalue weighted by atomic mass is 9.92. The summed E-state index contributed by atoms with van der Waals surface area (Å²) < 4.78 is 4.77. The van der Waals surface area contributed by atoms with Gasteiger partial charge in [-0.05, 0) is 55.5 Å². The molecule has 1 aliphatic heterocycles. The van der Waals surface area contributed by atoms with Crippen LogP contribution in [0.15, 0.2) is 30.5 Å². The highest BCUT2D eigenvalue weighted by molar-refractivity contribution is 7.15. The topological polar surface area (TPSA) is 80.3 Å². The van der Waals surface area contributed by atoms with E-state index in [1.54, 1.807) is 12.3 Å². The number of methoxy groups -OCH3 is 1. The van der Waals surface area contributed by atoms with E-state index in [1.165, 1.54) is 18.4 Å². The van der Waals surface area contributed by atoms with Crippen molar-refractivity contribution in [3.05, 3.63) is 46.5 Å². The molecule has 1 saturated heterocycles. The molecule has 1 atom stereocenters. The SMILES string of the molecule is COC(=O)c1cccc(Cc2cnc(NC(=O)C3CC34CCNCC4)s2)c1. The molecule has 2 aliphatic rings. The van der Waals surface area contributed by atoms with Crippen molar-refractivity contribution in [2.45, 2.75) is 25.7 Å². The summed E-state index contributed by atoms with van der Waals surface area (Å²) in [6.45, 7) is 2.02. The van der Waals surface area contributed by atoms with Crippen molar-refractivity contribution in [1.82, 2.24) is 10.3 Å². The molecule has 1 amide bonds. The van der Waals surface area contributed by atoms with Crippen molar-refractivity contribution < 1.29 is 14.3 Å². The fourth-order valence-corrected chi connectivity index (χ4v) is 4.81. The van der Waals surface area contributed by atoms with Crippen molar-refractivity contribution in [3.8, 4) is 0 Å². The van der Waals surface area contributed by atoms with Crippen LogP contribution in [0.4, 0.5) is 5.13 Å². The molecule has 1 aliphatic carbocycles. The average Bonchev–Trinajstić information content (AvgIpc) is 3.20. The van der Waals surface area contributed by atoms with Crippen LogP contribution in [0.1, 0.15) is 40.1 Å². The number of benzene rings is 1. The van der Waals surface area contributed by atoms with E-state index >= 15 is 0 Å². The molecule has 6 nitrogen and oxygen atoms in total. The molecule has 27 heavy (non-hydrogen) atoms. The highest BCUT2D eigenvalue weighted by Gasteiger charge is 2.57. The van der Waals surface area contributed by atoms with Crippen LogP contribution in [-0.4, -0.2) is 37.1 Å². The molecule has 2 fully saturated rings. The second-order valence-electron chi connectivity index (χ2n) is 7.36. The Morgan fingerprint density at radius 1 is 1.37 bits per heavy atom. The number of anilines is 1. The second-order valence-corrected chi connectivity index (χ2v) is 8.47. The van der Waals surface area contributed by atoms with Gasteiger partial charge in [0.05, 0.1) is 12.7 Å². The number of piperidine rings is 1. The van der Waals surface area contributed by atoms with Gasteiger partial charge in [-0.25, -0.2) is 9.78 Å². The van der Waals surface area contributed by atoms with Gasteiger partial charge < -0.3 is 15.4 Å². The molecule has 0 bridgehead atoms. The fraction of sp³-hybridized carbons (Fsp3) is 0.450. The van der Waals surface area contributed by atoms with Gasteiger partial charge in [0.15, 0.2) is 5.13 Å². The lowest BCUT2D eigenvalue weighted by Crippen LogP contribution is -2.31. The number of nitrogens with one attached hydrogen (secondary N) is 2. The fourth-order valence-electron chi connectivity index (χ4n) is 3.96. The molecule has 4 rings (SSSR count). The van der Waals surface area contributed by atoms with Crippen molar-refractivity contribution >= 4 is 28.3 Å². The van der Waals surface area contributed by atoms with Gasteiger partial charge in [-0.3, -0.25) is 4.79 Å². The molecule has 2 N–H and O–H groups in total. The Balaban J connectivity index is 1.36. The number of hydrogen-bond donors (Lipinski definition) is 2. The molecule has 2 aromatic rings. The summed E-state index contributed by atoms with van der Waals surface area (Å²) in [5, 5.41) is 7.00. The molecule has 1 saturated carbocycles. The van der Waals surface area contributed by atoms with E-state index in [-0.39, 0.29) is 23.2 Å². The third-order valence-corrected chi connectivity index (χ3v) is 6.53. The highest BCUT2D eigenvalue weighted by atomic mass is 32.1. The van der Waals surface area contributed by atoms with Crippen LogP contribution in [0.5, 0.6) is 0 Å². The van der Waals surface area contributed by atoms with Crippen molar-refractivity contribution in [1.29, 1.82) is 0 Å². The Hall–Kier alpha value is -2.25. The largest absolute Gasteiger partial charge is 0.465 e. The first-order valence-corrected chi connectivity index (χ1v) is 10.0. The lowest BCUT2D eigenvalue weighted by molar-refractivity contribution is -0.118. The number of ether oxygens (including phenoxy) is 1. The van der Waals surface area contributed by atoms with Crippen LogP contribution in [0, 0.1) is 11.3 Å². The van der Waals surface area contributed by atoms with Crippen molar-refractivity contribution in [2.75, 3.05) is 25.5 Å². The van der Waals surface area contributed by atoms with E-state index in [2.05, 4.69) is 15.6 Å². The highest BCUT2D eigenvalue weighted by Crippen LogP contribution is 2.58. The number of esters is 1. The zero-order valence-electron chi connectivity index (χ0n) is 15.3. The minimum absolute atomic E-state index is 0.102. The maximum Gasteiger partial charge on any atom is 0.337 e. The summed E-state index contributed by atoms with van der Waals surface area (Å²) in [6.07, 6.45) is 5.63. The van der Waals surface area contributed by atoms with E-state index in [0.29, 0.717) is 17.1 Å². The Bertz CT molecular complexity index is 858. The summed E-state index contributed by atoms with van der Waals surface area (Å²) in [7, 11) is 1.38. The number of hydrogen-bond acceptors (Lipinski definition) is 6. The number of nitrogens with zero attached hydrogens (tertiary/aromatic N) is 1. The van der Waals surface area contributed by atoms with E-state index in [4.69, 9.17) is 4.74 Å². The molecule has 1 spiro atoms. The second kappa shape index (κ2) is 7.40. The van der Waals surface area contributed by atoms with Crippen LogP contribution in [0.25, 0.3) is 0 Å². The summed E-state index contributed by atoms with van der Waals surface area (Å²) in [5.74, 6) is -0.112. The molecule has 142 valence electrons. The smallest absolute Gasteiger partial charge is 0.337 e. The summed E-state index contributed by atoms with van der Waals surface area (Å²) in [4.78, 5) is 29.6. The van der Waals surface area contributed by atoms with Gasteiger partial charge in [-0.2, -0.15) is 0 Å². The first-order chi connectivity index (χ1) is 13.1. The number of carbonyl (C=O) groups excluding carboxylic acids is 2. The predicted molar refractivity (Wildman–Crippen MR) is 104 cm³/mol. The molecule has 7 heteroatoms. The van der Waals surface area contributed by atoms with Crippen LogP contribution in [0.3, 0.4) is 0 Å². The van der Waals surface area contributed by atoms with Gasteiger partial charge in [-0.1, -0.05) is 12.1 Å². The van der Waals surface area contributed by atoms with Crippen LogP contribution in [-0.2, 0) is 16.0 Å². The van der Waals surface area contributed by atoms with E-state index in [0.717, 1.165) is 42.8 Å². The standard InChI is InChI=1S/C20H23N3O3S/c1-26-18(25)14-4-2-3-13(9-14)10-15-12-22-19(27-15)23-17(24)16-11-20(16)5-7-21-8-6-20/h2-4,9,12,16,21H,5-8,10-11H2,1H3,(H,22,23,24). The Labute approximate surface area is 162 Å². The average molecular weight is 385 g/mol. The summed E-state index contributed by atoms with van der Waals surface area (Å²) in [5.41, 5.74) is 1.77. The minimum Gasteiger partial charge on any atom is -0.465 e. The van der Waals surface area contributed by atoms with Gasteiger partial charge in [0.2, 0.25) is 5.91 Å². The van der Waals surface area contributed by atoms with Gasteiger partial charge in [0.1, 0.15) is 0 Å². The van der Waals surface area contributed by atoms with Crippen LogP contribution in [0.2, 0.25) is 0 Å². The van der Waals surface area contributed by atoms with E-state index < -0.39 is 0 Å². The zero-order valence-corrected chi connectivity index (χ0v) is 16.1. The van der Waals surface area contributed by atoms with Gasteiger partial charge in [0.25, 0.3) is 0 Å². The maximum absolute atomic E-state index is 12.6. The third kappa shape index (κ3) is 3.89. The molecule has 2 heterocycles. The Kier molecular flexibility index (Phi) is 4.97. The van der Waals surface area contributed by atoms with Gasteiger partial charge in [-0.15, -0.1) is 11.3 Å². The first-order valence-electron chi connectivity index (χ1n) is 9.23. The number of thiazole rings is 1. The quantitative estimate of drug-likeness (QED) is 0.774. The first kappa shape index (κ1) is 18.1. The monoisotopic (exact) mass is 385 g/mol. The maximum atomic E-state index is 12.6. The normalized spacial score (nSPS) is 20.3. The predicted octanol–water partition coefficient (Wildman–Crippen LogP) is 2.85. The zero-order chi connectivity index (χ0) is 18.9. The van der Waals surface area contributed by atoms with Gasteiger partial charge in [0, 0.05) is 23.4 Å². The Morgan fingerprint density at radius 3 is 2.96 bits per heavy atom. The van der Waals surface area contributed by atoms with Gasteiger partial charge >= 0.3 is 5.97 Å².